The number of benzene rings is 2. The number of aryl methyl sites for hydroxylation is 1. The van der Waals surface area contributed by atoms with Gasteiger partial charge in [-0.3, -0.25) is 4.79 Å². The molecule has 1 amide bonds. The zero-order valence-electron chi connectivity index (χ0n) is 18.1. The van der Waals surface area contributed by atoms with Crippen LogP contribution in [-0.4, -0.2) is 34.3 Å². The number of hydrogen-bond acceptors (Lipinski definition) is 5. The number of ether oxygens (including phenoxy) is 2. The van der Waals surface area contributed by atoms with Gasteiger partial charge in [0.05, 0.1) is 36.3 Å². The average Bonchev–Trinajstić information content (AvgIpc) is 3.43. The number of furan rings is 1. The first-order valence-electron chi connectivity index (χ1n) is 10.3. The molecule has 0 spiro atoms. The fraction of sp³-hybridized carbons (Fsp3) is 0.200. The number of para-hydroxylation sites is 2. The van der Waals surface area contributed by atoms with E-state index in [1.165, 1.54) is 7.11 Å². The van der Waals surface area contributed by atoms with Crippen molar-refractivity contribution in [2.24, 2.45) is 0 Å². The Bertz CT molecular complexity index is 1140. The molecule has 2 heterocycles. The van der Waals surface area contributed by atoms with E-state index in [4.69, 9.17) is 19.0 Å². The van der Waals surface area contributed by atoms with Gasteiger partial charge in [-0.1, -0.05) is 36.4 Å². The topological polar surface area (TPSA) is 69.7 Å². The second-order valence-corrected chi connectivity index (χ2v) is 7.29. The fourth-order valence-corrected chi connectivity index (χ4v) is 3.40. The molecule has 0 saturated carbocycles. The summed E-state index contributed by atoms with van der Waals surface area (Å²) in [6.45, 7) is 2.50. The molecule has 4 aromatic rings. The summed E-state index contributed by atoms with van der Waals surface area (Å²) in [6, 6.07) is 23.0. The number of nitrogens with zero attached hydrogens (tertiary/aromatic N) is 3. The molecule has 0 N–H and O–H groups in total. The molecular formula is C25H25N3O4. The van der Waals surface area contributed by atoms with Crippen molar-refractivity contribution in [2.45, 2.75) is 20.0 Å². The SMILES string of the molecule is COCC(=O)N(Cc1ccco1)Cc1c(C)nn(-c2ccccc2)c1Oc1ccccc1. The molecular weight excluding hydrogens is 406 g/mol. The van der Waals surface area contributed by atoms with Crippen molar-refractivity contribution in [3.05, 3.63) is 96.1 Å². The maximum atomic E-state index is 12.8. The molecule has 0 atom stereocenters. The van der Waals surface area contributed by atoms with Crippen molar-refractivity contribution < 1.29 is 18.7 Å². The molecule has 0 aliphatic carbocycles. The summed E-state index contributed by atoms with van der Waals surface area (Å²) in [5, 5.41) is 4.73. The van der Waals surface area contributed by atoms with Crippen molar-refractivity contribution in [3.8, 4) is 17.3 Å². The Morgan fingerprint density at radius 1 is 1.00 bits per heavy atom. The van der Waals surface area contributed by atoms with Crippen molar-refractivity contribution >= 4 is 5.91 Å². The van der Waals surface area contributed by atoms with Gasteiger partial charge < -0.3 is 18.8 Å². The lowest BCUT2D eigenvalue weighted by molar-refractivity contribution is -0.136. The highest BCUT2D eigenvalue weighted by Gasteiger charge is 2.24. The predicted octanol–water partition coefficient (Wildman–Crippen LogP) is 4.74. The second kappa shape index (κ2) is 9.98. The molecule has 7 nitrogen and oxygen atoms in total. The summed E-state index contributed by atoms with van der Waals surface area (Å²) in [5.74, 6) is 1.79. The minimum atomic E-state index is -0.151. The lowest BCUT2D eigenvalue weighted by Crippen LogP contribution is -2.33. The Labute approximate surface area is 186 Å². The normalized spacial score (nSPS) is 10.8. The number of amides is 1. The van der Waals surface area contributed by atoms with E-state index >= 15 is 0 Å². The predicted molar refractivity (Wildman–Crippen MR) is 120 cm³/mol. The van der Waals surface area contributed by atoms with E-state index in [0.717, 1.165) is 16.9 Å². The molecule has 4 rings (SSSR count). The zero-order valence-corrected chi connectivity index (χ0v) is 18.1. The summed E-state index contributed by atoms with van der Waals surface area (Å²) in [7, 11) is 1.51. The third-order valence-corrected chi connectivity index (χ3v) is 4.99. The lowest BCUT2D eigenvalue weighted by atomic mass is 10.2. The minimum absolute atomic E-state index is 0.0263. The van der Waals surface area contributed by atoms with E-state index < -0.39 is 0 Å². The van der Waals surface area contributed by atoms with Crippen molar-refractivity contribution in [2.75, 3.05) is 13.7 Å². The summed E-state index contributed by atoms with van der Waals surface area (Å²) in [6.07, 6.45) is 1.59. The Morgan fingerprint density at radius 3 is 2.38 bits per heavy atom. The van der Waals surface area contributed by atoms with Crippen LogP contribution in [0.15, 0.2) is 83.5 Å². The van der Waals surface area contributed by atoms with Gasteiger partial charge in [0.15, 0.2) is 0 Å². The molecule has 2 aromatic carbocycles. The van der Waals surface area contributed by atoms with Crippen LogP contribution in [0.5, 0.6) is 11.6 Å². The molecule has 0 aliphatic heterocycles. The van der Waals surface area contributed by atoms with E-state index in [0.29, 0.717) is 30.5 Å². The highest BCUT2D eigenvalue weighted by atomic mass is 16.5. The van der Waals surface area contributed by atoms with Crippen molar-refractivity contribution in [1.82, 2.24) is 14.7 Å². The molecule has 164 valence electrons. The van der Waals surface area contributed by atoms with Crippen LogP contribution in [0.2, 0.25) is 0 Å². The third-order valence-electron chi connectivity index (χ3n) is 4.99. The Balaban J connectivity index is 1.74. The van der Waals surface area contributed by atoms with Gasteiger partial charge >= 0.3 is 0 Å². The number of hydrogen-bond donors (Lipinski definition) is 0. The van der Waals surface area contributed by atoms with Crippen LogP contribution < -0.4 is 4.74 Å². The molecule has 7 heteroatoms. The smallest absolute Gasteiger partial charge is 0.249 e. The standard InChI is InChI=1S/C25H25N3O4/c1-19-23(17-27(24(29)18-30-2)16-22-14-9-15-31-22)25(32-21-12-7-4-8-13-21)28(26-19)20-10-5-3-6-11-20/h3-15H,16-18H2,1-2H3. The molecule has 0 radical (unpaired) electrons. The van der Waals surface area contributed by atoms with E-state index in [1.54, 1.807) is 21.9 Å². The van der Waals surface area contributed by atoms with Gasteiger partial charge in [0, 0.05) is 7.11 Å². The zero-order chi connectivity index (χ0) is 22.3. The summed E-state index contributed by atoms with van der Waals surface area (Å²) >= 11 is 0. The van der Waals surface area contributed by atoms with Crippen LogP contribution in [0.25, 0.3) is 5.69 Å². The van der Waals surface area contributed by atoms with Crippen molar-refractivity contribution in [1.29, 1.82) is 0 Å². The van der Waals surface area contributed by atoms with Gasteiger partial charge in [-0.05, 0) is 43.3 Å². The Hall–Kier alpha value is -3.84. The van der Waals surface area contributed by atoms with E-state index in [2.05, 4.69) is 0 Å². The Kier molecular flexibility index (Phi) is 6.67. The number of carbonyl (C=O) groups excluding carboxylic acids is 1. The largest absolute Gasteiger partial charge is 0.467 e. The van der Waals surface area contributed by atoms with E-state index in [1.807, 2.05) is 73.7 Å². The van der Waals surface area contributed by atoms with Gasteiger partial charge in [-0.15, -0.1) is 0 Å². The average molecular weight is 431 g/mol. The molecule has 2 aromatic heterocycles. The minimum Gasteiger partial charge on any atom is -0.467 e. The molecule has 0 fully saturated rings. The molecule has 0 aliphatic rings. The monoisotopic (exact) mass is 431 g/mol. The van der Waals surface area contributed by atoms with E-state index in [-0.39, 0.29) is 12.5 Å². The first kappa shape index (κ1) is 21.4. The van der Waals surface area contributed by atoms with Crippen LogP contribution in [0, 0.1) is 6.92 Å². The van der Waals surface area contributed by atoms with Gasteiger partial charge in [0.2, 0.25) is 11.8 Å². The summed E-state index contributed by atoms with van der Waals surface area (Å²) in [5.41, 5.74) is 2.46. The lowest BCUT2D eigenvalue weighted by Gasteiger charge is -2.22. The summed E-state index contributed by atoms with van der Waals surface area (Å²) in [4.78, 5) is 14.5. The second-order valence-electron chi connectivity index (χ2n) is 7.29. The van der Waals surface area contributed by atoms with Crippen LogP contribution >= 0.6 is 0 Å². The van der Waals surface area contributed by atoms with Gasteiger partial charge in [-0.2, -0.15) is 5.10 Å². The first-order valence-corrected chi connectivity index (χ1v) is 10.3. The molecule has 32 heavy (non-hydrogen) atoms. The highest BCUT2D eigenvalue weighted by Crippen LogP contribution is 2.32. The number of carbonyl (C=O) groups is 1. The fourth-order valence-electron chi connectivity index (χ4n) is 3.40. The quantitative estimate of drug-likeness (QED) is 0.383. The maximum absolute atomic E-state index is 12.8. The molecule has 0 unspecified atom stereocenters. The number of aromatic nitrogens is 2. The van der Waals surface area contributed by atoms with Gasteiger partial charge in [0.1, 0.15) is 18.1 Å². The highest BCUT2D eigenvalue weighted by molar-refractivity contribution is 5.77. The number of rotatable bonds is 9. The Morgan fingerprint density at radius 2 is 1.72 bits per heavy atom. The third kappa shape index (κ3) is 4.90. The van der Waals surface area contributed by atoms with Crippen LogP contribution in [0.4, 0.5) is 0 Å². The van der Waals surface area contributed by atoms with Crippen LogP contribution in [0.1, 0.15) is 17.0 Å². The first-order chi connectivity index (χ1) is 15.7. The van der Waals surface area contributed by atoms with Crippen molar-refractivity contribution in [3.63, 3.8) is 0 Å². The van der Waals surface area contributed by atoms with Crippen LogP contribution in [0.3, 0.4) is 0 Å². The summed E-state index contributed by atoms with van der Waals surface area (Å²) < 4.78 is 18.6. The molecule has 0 bridgehead atoms. The number of methoxy groups -OCH3 is 1. The van der Waals surface area contributed by atoms with Gasteiger partial charge in [0.25, 0.3) is 0 Å². The maximum Gasteiger partial charge on any atom is 0.249 e. The van der Waals surface area contributed by atoms with Gasteiger partial charge in [-0.25, -0.2) is 4.68 Å². The van der Waals surface area contributed by atoms with Crippen LogP contribution in [-0.2, 0) is 22.6 Å². The molecule has 0 saturated heterocycles. The van der Waals surface area contributed by atoms with E-state index in [9.17, 15) is 4.79 Å².